The number of nitrogens with zero attached hydrogens (tertiary/aromatic N) is 5. The van der Waals surface area contributed by atoms with Crippen LogP contribution in [0, 0.1) is 0 Å². The molecule has 1 atom stereocenters. The molecule has 4 rings (SSSR count). The van der Waals surface area contributed by atoms with Crippen LogP contribution in [0.25, 0.3) is 6.08 Å². The Labute approximate surface area is 194 Å². The Morgan fingerprint density at radius 1 is 1.19 bits per heavy atom. The molecule has 168 valence electrons. The van der Waals surface area contributed by atoms with Crippen molar-refractivity contribution in [3.8, 4) is 0 Å². The summed E-state index contributed by atoms with van der Waals surface area (Å²) in [5, 5.41) is 10.0. The van der Waals surface area contributed by atoms with E-state index in [0.29, 0.717) is 0 Å². The summed E-state index contributed by atoms with van der Waals surface area (Å²) >= 11 is 1.69. The van der Waals surface area contributed by atoms with Crippen LogP contribution >= 0.6 is 11.8 Å². The van der Waals surface area contributed by atoms with Crippen molar-refractivity contribution in [3.05, 3.63) is 77.4 Å². The largest absolute Gasteiger partial charge is 0.376 e. The van der Waals surface area contributed by atoms with E-state index in [1.165, 1.54) is 11.1 Å². The standard InChI is InChI=1S/C25H31N5OS/c1-20(15-21-9-4-3-5-10-21)16-29(2)18-24-27-28-25(30(24)17-23-12-8-14-31-23)32-19-22-11-6-7-13-26-22/h3-7,9-11,13,15,23H,8,12,14,16-19H2,1-2H3/b20-15+. The van der Waals surface area contributed by atoms with E-state index in [2.05, 4.69) is 69.0 Å². The van der Waals surface area contributed by atoms with Gasteiger partial charge in [-0.3, -0.25) is 9.88 Å². The van der Waals surface area contributed by atoms with Gasteiger partial charge in [0.05, 0.1) is 24.9 Å². The quantitative estimate of drug-likeness (QED) is 0.419. The van der Waals surface area contributed by atoms with Gasteiger partial charge < -0.3 is 9.30 Å². The minimum atomic E-state index is 0.240. The first-order valence-corrected chi connectivity index (χ1v) is 12.1. The van der Waals surface area contributed by atoms with Crippen LogP contribution in [0.15, 0.2) is 65.5 Å². The summed E-state index contributed by atoms with van der Waals surface area (Å²) in [5.74, 6) is 1.76. The van der Waals surface area contributed by atoms with Crippen LogP contribution in [0.5, 0.6) is 0 Å². The van der Waals surface area contributed by atoms with Crippen molar-refractivity contribution in [2.45, 2.75) is 49.9 Å². The molecule has 1 aliphatic heterocycles. The molecule has 0 N–H and O–H groups in total. The maximum absolute atomic E-state index is 5.91. The number of ether oxygens (including phenoxy) is 1. The first-order chi connectivity index (χ1) is 15.7. The lowest BCUT2D eigenvalue weighted by Crippen LogP contribution is -2.24. The molecule has 1 fully saturated rings. The SMILES string of the molecule is C/C(=C\c1ccccc1)CN(C)Cc1nnc(SCc2ccccn2)n1CC1CCCO1. The molecule has 3 aromatic rings. The average Bonchev–Trinajstić information content (AvgIpc) is 3.44. The maximum Gasteiger partial charge on any atom is 0.191 e. The topological polar surface area (TPSA) is 56.1 Å². The Morgan fingerprint density at radius 3 is 2.78 bits per heavy atom. The van der Waals surface area contributed by atoms with Crippen molar-refractivity contribution in [3.63, 3.8) is 0 Å². The van der Waals surface area contributed by atoms with E-state index in [9.17, 15) is 0 Å². The van der Waals surface area contributed by atoms with Crippen molar-refractivity contribution in [2.75, 3.05) is 20.2 Å². The number of thioether (sulfide) groups is 1. The van der Waals surface area contributed by atoms with Gasteiger partial charge in [-0.2, -0.15) is 0 Å². The van der Waals surface area contributed by atoms with E-state index in [0.717, 1.165) is 61.5 Å². The second kappa shape index (κ2) is 11.4. The number of likely N-dealkylation sites (N-methyl/N-ethyl adjacent to an activating group) is 1. The predicted octanol–water partition coefficient (Wildman–Crippen LogP) is 4.68. The molecule has 1 aliphatic rings. The van der Waals surface area contributed by atoms with Gasteiger partial charge in [0.15, 0.2) is 5.16 Å². The molecule has 0 radical (unpaired) electrons. The molecule has 1 aromatic carbocycles. The van der Waals surface area contributed by atoms with E-state index >= 15 is 0 Å². The summed E-state index contributed by atoms with van der Waals surface area (Å²) in [6.07, 6.45) is 6.53. The molecule has 1 saturated heterocycles. The first kappa shape index (κ1) is 22.7. The van der Waals surface area contributed by atoms with Crippen LogP contribution in [0.4, 0.5) is 0 Å². The summed E-state index contributed by atoms with van der Waals surface area (Å²) < 4.78 is 8.16. The summed E-state index contributed by atoms with van der Waals surface area (Å²) in [6.45, 7) is 5.44. The van der Waals surface area contributed by atoms with Gasteiger partial charge in [0.2, 0.25) is 0 Å². The van der Waals surface area contributed by atoms with Crippen molar-refractivity contribution in [1.82, 2.24) is 24.6 Å². The third-order valence-corrected chi connectivity index (χ3v) is 6.42. The maximum atomic E-state index is 5.91. The van der Waals surface area contributed by atoms with Gasteiger partial charge in [0, 0.05) is 25.1 Å². The highest BCUT2D eigenvalue weighted by atomic mass is 32.2. The molecule has 0 bridgehead atoms. The van der Waals surface area contributed by atoms with Crippen LogP contribution in [0.3, 0.4) is 0 Å². The van der Waals surface area contributed by atoms with E-state index in [1.54, 1.807) is 11.8 Å². The highest BCUT2D eigenvalue weighted by molar-refractivity contribution is 7.98. The Bertz CT molecular complexity index is 1000. The molecule has 0 aliphatic carbocycles. The Kier molecular flexibility index (Phi) is 8.09. The fourth-order valence-electron chi connectivity index (χ4n) is 3.94. The van der Waals surface area contributed by atoms with Gasteiger partial charge in [0.25, 0.3) is 0 Å². The first-order valence-electron chi connectivity index (χ1n) is 11.1. The Morgan fingerprint density at radius 2 is 2.03 bits per heavy atom. The fourth-order valence-corrected chi connectivity index (χ4v) is 4.82. The summed E-state index contributed by atoms with van der Waals surface area (Å²) in [6, 6.07) is 16.5. The summed E-state index contributed by atoms with van der Waals surface area (Å²) in [4.78, 5) is 6.72. The highest BCUT2D eigenvalue weighted by Crippen LogP contribution is 2.24. The molecule has 0 saturated carbocycles. The van der Waals surface area contributed by atoms with Crippen molar-refractivity contribution < 1.29 is 4.74 Å². The summed E-state index contributed by atoms with van der Waals surface area (Å²) in [5.41, 5.74) is 3.59. The average molecular weight is 450 g/mol. The van der Waals surface area contributed by atoms with Crippen molar-refractivity contribution >= 4 is 17.8 Å². The monoisotopic (exact) mass is 449 g/mol. The van der Waals surface area contributed by atoms with Crippen LogP contribution in [-0.4, -0.2) is 51.0 Å². The lowest BCUT2D eigenvalue weighted by molar-refractivity contribution is 0.0935. The zero-order chi connectivity index (χ0) is 22.2. The number of hydrogen-bond donors (Lipinski definition) is 0. The molecule has 0 amide bonds. The zero-order valence-corrected chi connectivity index (χ0v) is 19.7. The van der Waals surface area contributed by atoms with Crippen LogP contribution in [0.1, 0.15) is 36.8 Å². The highest BCUT2D eigenvalue weighted by Gasteiger charge is 2.21. The number of hydrogen-bond acceptors (Lipinski definition) is 6. The van der Waals surface area contributed by atoms with Crippen LogP contribution in [-0.2, 0) is 23.6 Å². The molecule has 3 heterocycles. The van der Waals surface area contributed by atoms with E-state index in [-0.39, 0.29) is 6.10 Å². The molecular weight excluding hydrogens is 418 g/mol. The second-order valence-electron chi connectivity index (χ2n) is 8.33. The van der Waals surface area contributed by atoms with Gasteiger partial charge >= 0.3 is 0 Å². The lowest BCUT2D eigenvalue weighted by atomic mass is 10.1. The molecule has 1 unspecified atom stereocenters. The van der Waals surface area contributed by atoms with E-state index in [1.807, 2.05) is 30.5 Å². The third-order valence-electron chi connectivity index (χ3n) is 5.42. The zero-order valence-electron chi connectivity index (χ0n) is 18.9. The number of benzene rings is 1. The van der Waals surface area contributed by atoms with Crippen molar-refractivity contribution in [2.24, 2.45) is 0 Å². The summed E-state index contributed by atoms with van der Waals surface area (Å²) in [7, 11) is 2.13. The van der Waals surface area contributed by atoms with Gasteiger partial charge in [-0.25, -0.2) is 0 Å². The molecule has 0 spiro atoms. The molecular formula is C25H31N5OS. The van der Waals surface area contributed by atoms with Gasteiger partial charge in [-0.15, -0.1) is 10.2 Å². The number of rotatable bonds is 10. The van der Waals surface area contributed by atoms with Gasteiger partial charge in [0.1, 0.15) is 5.82 Å². The van der Waals surface area contributed by atoms with E-state index < -0.39 is 0 Å². The molecule has 6 nitrogen and oxygen atoms in total. The molecule has 7 heteroatoms. The van der Waals surface area contributed by atoms with Crippen LogP contribution < -0.4 is 0 Å². The van der Waals surface area contributed by atoms with Gasteiger partial charge in [-0.05, 0) is 44.5 Å². The van der Waals surface area contributed by atoms with Crippen LogP contribution in [0.2, 0.25) is 0 Å². The normalized spacial score (nSPS) is 16.7. The molecule has 2 aromatic heterocycles. The second-order valence-corrected chi connectivity index (χ2v) is 9.27. The van der Waals surface area contributed by atoms with Crippen molar-refractivity contribution in [1.29, 1.82) is 0 Å². The Hall–Kier alpha value is -2.48. The lowest BCUT2D eigenvalue weighted by Gasteiger charge is -2.19. The minimum Gasteiger partial charge on any atom is -0.376 e. The predicted molar refractivity (Wildman–Crippen MR) is 129 cm³/mol. The number of aromatic nitrogens is 4. The van der Waals surface area contributed by atoms with Gasteiger partial charge in [-0.1, -0.05) is 59.8 Å². The number of pyridine rings is 1. The smallest absolute Gasteiger partial charge is 0.191 e. The van der Waals surface area contributed by atoms with E-state index in [4.69, 9.17) is 4.74 Å². The molecule has 32 heavy (non-hydrogen) atoms. The third kappa shape index (κ3) is 6.51. The fraction of sp³-hybridized carbons (Fsp3) is 0.400. The Balaban J connectivity index is 1.44. The minimum absolute atomic E-state index is 0.240.